The Labute approximate surface area is 118 Å². The standard InChI is InChI=1S/C14H22O6/c1-2-3-4-5-6-7-8-9-13(18)20-14(19)11(15)10-12(16)17/h10,15H,2-9H2,1H3,(H,16,17)/b11-10-. The number of aliphatic hydroxyl groups excluding tert-OH is 1. The first-order valence-electron chi connectivity index (χ1n) is 6.86. The third-order valence-corrected chi connectivity index (χ3v) is 2.66. The minimum absolute atomic E-state index is 0.0832. The smallest absolute Gasteiger partial charge is 0.381 e. The van der Waals surface area contributed by atoms with Crippen molar-refractivity contribution in [3.05, 3.63) is 11.8 Å². The van der Waals surface area contributed by atoms with Crippen LogP contribution in [0.3, 0.4) is 0 Å². The Hall–Kier alpha value is -1.85. The molecule has 6 nitrogen and oxygen atoms in total. The van der Waals surface area contributed by atoms with E-state index in [4.69, 9.17) is 10.2 Å². The Balaban J connectivity index is 3.73. The summed E-state index contributed by atoms with van der Waals surface area (Å²) in [6, 6.07) is 0. The number of hydrogen-bond acceptors (Lipinski definition) is 5. The normalized spacial score (nSPS) is 11.2. The highest BCUT2D eigenvalue weighted by Gasteiger charge is 2.15. The van der Waals surface area contributed by atoms with E-state index in [-0.39, 0.29) is 12.5 Å². The van der Waals surface area contributed by atoms with Gasteiger partial charge in [0.25, 0.3) is 0 Å². The van der Waals surface area contributed by atoms with Gasteiger partial charge in [0.05, 0.1) is 6.08 Å². The molecule has 0 radical (unpaired) electrons. The summed E-state index contributed by atoms with van der Waals surface area (Å²) in [5.41, 5.74) is 0. The summed E-state index contributed by atoms with van der Waals surface area (Å²) in [7, 11) is 0. The van der Waals surface area contributed by atoms with Gasteiger partial charge in [0.2, 0.25) is 5.76 Å². The number of esters is 2. The molecular formula is C14H22O6. The quantitative estimate of drug-likeness (QED) is 0.210. The number of carboxylic acid groups (broad SMARTS) is 1. The Morgan fingerprint density at radius 1 is 0.950 bits per heavy atom. The molecule has 0 aromatic heterocycles. The summed E-state index contributed by atoms with van der Waals surface area (Å²) in [5, 5.41) is 17.3. The second-order valence-electron chi connectivity index (χ2n) is 4.50. The van der Waals surface area contributed by atoms with E-state index in [2.05, 4.69) is 11.7 Å². The van der Waals surface area contributed by atoms with Crippen LogP contribution in [-0.2, 0) is 19.1 Å². The van der Waals surface area contributed by atoms with Crippen molar-refractivity contribution in [1.29, 1.82) is 0 Å². The van der Waals surface area contributed by atoms with Crippen LogP contribution >= 0.6 is 0 Å². The van der Waals surface area contributed by atoms with Gasteiger partial charge >= 0.3 is 17.9 Å². The van der Waals surface area contributed by atoms with Crippen LogP contribution in [0.5, 0.6) is 0 Å². The van der Waals surface area contributed by atoms with Crippen molar-refractivity contribution in [2.75, 3.05) is 0 Å². The number of carboxylic acids is 1. The Morgan fingerprint density at radius 2 is 1.50 bits per heavy atom. The zero-order valence-electron chi connectivity index (χ0n) is 11.8. The minimum Gasteiger partial charge on any atom is -0.502 e. The monoisotopic (exact) mass is 286 g/mol. The molecule has 0 aliphatic rings. The predicted octanol–water partition coefficient (Wildman–Crippen LogP) is 2.72. The van der Waals surface area contributed by atoms with E-state index in [1.165, 1.54) is 19.3 Å². The Bertz CT molecular complexity index is 359. The van der Waals surface area contributed by atoms with Crippen molar-refractivity contribution in [2.45, 2.75) is 58.3 Å². The topological polar surface area (TPSA) is 101 Å². The molecule has 0 saturated heterocycles. The fourth-order valence-electron chi connectivity index (χ4n) is 1.61. The molecule has 0 unspecified atom stereocenters. The molecular weight excluding hydrogens is 264 g/mol. The molecule has 2 N–H and O–H groups in total. The van der Waals surface area contributed by atoms with E-state index < -0.39 is 23.7 Å². The number of carbonyl (C=O) groups excluding carboxylic acids is 2. The predicted molar refractivity (Wildman–Crippen MR) is 72.1 cm³/mol. The van der Waals surface area contributed by atoms with Gasteiger partial charge < -0.3 is 14.9 Å². The van der Waals surface area contributed by atoms with E-state index in [0.29, 0.717) is 6.42 Å². The van der Waals surface area contributed by atoms with Crippen LogP contribution in [0, 0.1) is 0 Å². The van der Waals surface area contributed by atoms with Crippen molar-refractivity contribution < 1.29 is 29.3 Å². The molecule has 0 aromatic rings. The van der Waals surface area contributed by atoms with E-state index in [0.717, 1.165) is 19.3 Å². The van der Waals surface area contributed by atoms with Gasteiger partial charge in [-0.1, -0.05) is 45.4 Å². The number of aliphatic carboxylic acids is 1. The van der Waals surface area contributed by atoms with Crippen molar-refractivity contribution in [1.82, 2.24) is 0 Å². The number of ether oxygens (including phenoxy) is 1. The molecule has 6 heteroatoms. The molecule has 0 aromatic carbocycles. The lowest BCUT2D eigenvalue weighted by atomic mass is 10.1. The summed E-state index contributed by atoms with van der Waals surface area (Å²) in [4.78, 5) is 32.5. The molecule has 0 aliphatic carbocycles. The number of hydrogen-bond donors (Lipinski definition) is 2. The summed E-state index contributed by atoms with van der Waals surface area (Å²) in [6.45, 7) is 2.14. The van der Waals surface area contributed by atoms with Crippen LogP contribution in [0.4, 0.5) is 0 Å². The van der Waals surface area contributed by atoms with Crippen LogP contribution in [-0.4, -0.2) is 28.1 Å². The van der Waals surface area contributed by atoms with E-state index >= 15 is 0 Å². The molecule has 114 valence electrons. The average molecular weight is 286 g/mol. The summed E-state index contributed by atoms with van der Waals surface area (Å²) < 4.78 is 4.30. The maximum Gasteiger partial charge on any atom is 0.381 e. The molecule has 0 aliphatic heterocycles. The molecule has 0 bridgehead atoms. The molecule has 0 atom stereocenters. The first-order chi connectivity index (χ1) is 9.47. The number of rotatable bonds is 10. The minimum atomic E-state index is -1.49. The number of unbranched alkanes of at least 4 members (excludes halogenated alkanes) is 6. The van der Waals surface area contributed by atoms with Crippen molar-refractivity contribution in [2.24, 2.45) is 0 Å². The zero-order valence-corrected chi connectivity index (χ0v) is 11.8. The molecule has 20 heavy (non-hydrogen) atoms. The first kappa shape index (κ1) is 18.1. The van der Waals surface area contributed by atoms with Crippen LogP contribution in [0.2, 0.25) is 0 Å². The van der Waals surface area contributed by atoms with Crippen LogP contribution in [0.15, 0.2) is 11.8 Å². The van der Waals surface area contributed by atoms with Gasteiger partial charge in [-0.15, -0.1) is 0 Å². The first-order valence-corrected chi connectivity index (χ1v) is 6.86. The van der Waals surface area contributed by atoms with E-state index in [1.807, 2.05) is 0 Å². The number of aliphatic hydroxyl groups is 1. The van der Waals surface area contributed by atoms with Crippen LogP contribution in [0.25, 0.3) is 0 Å². The van der Waals surface area contributed by atoms with Gasteiger partial charge in [-0.05, 0) is 6.42 Å². The molecule has 0 heterocycles. The average Bonchev–Trinajstić information content (AvgIpc) is 2.36. The van der Waals surface area contributed by atoms with Gasteiger partial charge in [0, 0.05) is 6.42 Å². The molecule has 0 saturated carbocycles. The number of carbonyl (C=O) groups is 3. The highest BCUT2D eigenvalue weighted by atomic mass is 16.6. The molecule has 0 spiro atoms. The summed E-state index contributed by atoms with van der Waals surface area (Å²) in [6.07, 6.45) is 7.60. The zero-order chi connectivity index (χ0) is 15.4. The van der Waals surface area contributed by atoms with Crippen LogP contribution < -0.4 is 0 Å². The molecule has 0 amide bonds. The van der Waals surface area contributed by atoms with Crippen molar-refractivity contribution >= 4 is 17.9 Å². The SMILES string of the molecule is CCCCCCCCCC(=O)OC(=O)/C(O)=C/C(=O)O. The van der Waals surface area contributed by atoms with Crippen molar-refractivity contribution in [3.8, 4) is 0 Å². The third kappa shape index (κ3) is 10.1. The maximum absolute atomic E-state index is 11.3. The fourth-order valence-corrected chi connectivity index (χ4v) is 1.61. The summed E-state index contributed by atoms with van der Waals surface area (Å²) in [5.74, 6) is -4.67. The van der Waals surface area contributed by atoms with Gasteiger partial charge in [0.15, 0.2) is 0 Å². The maximum atomic E-state index is 11.3. The fraction of sp³-hybridized carbons (Fsp3) is 0.643. The largest absolute Gasteiger partial charge is 0.502 e. The van der Waals surface area contributed by atoms with Gasteiger partial charge in [-0.25, -0.2) is 9.59 Å². The van der Waals surface area contributed by atoms with E-state index in [1.54, 1.807) is 0 Å². The van der Waals surface area contributed by atoms with Gasteiger partial charge in [-0.2, -0.15) is 0 Å². The summed E-state index contributed by atoms with van der Waals surface area (Å²) >= 11 is 0. The molecule has 0 fully saturated rings. The second-order valence-corrected chi connectivity index (χ2v) is 4.50. The van der Waals surface area contributed by atoms with Gasteiger partial charge in [0.1, 0.15) is 0 Å². The van der Waals surface area contributed by atoms with E-state index in [9.17, 15) is 14.4 Å². The van der Waals surface area contributed by atoms with Crippen molar-refractivity contribution in [3.63, 3.8) is 0 Å². The highest BCUT2D eigenvalue weighted by Crippen LogP contribution is 2.09. The lowest BCUT2D eigenvalue weighted by molar-refractivity contribution is -0.159. The lowest BCUT2D eigenvalue weighted by Gasteiger charge is -2.02. The Kier molecular flexibility index (Phi) is 10.00. The Morgan fingerprint density at radius 3 is 2.05 bits per heavy atom. The third-order valence-electron chi connectivity index (χ3n) is 2.66. The highest BCUT2D eigenvalue weighted by molar-refractivity contribution is 5.98. The second kappa shape index (κ2) is 11.0. The van der Waals surface area contributed by atoms with Gasteiger partial charge in [-0.3, -0.25) is 4.79 Å². The lowest BCUT2D eigenvalue weighted by Crippen LogP contribution is -2.15. The van der Waals surface area contributed by atoms with Crippen LogP contribution in [0.1, 0.15) is 58.3 Å². The molecule has 0 rings (SSSR count).